The molecule has 1 aliphatic carbocycles. The summed E-state index contributed by atoms with van der Waals surface area (Å²) in [4.78, 5) is 4.75. The largest absolute Gasteiger partial charge is 0.331 e. The van der Waals surface area contributed by atoms with Gasteiger partial charge in [0.05, 0.1) is 11.0 Å². The summed E-state index contributed by atoms with van der Waals surface area (Å²) in [6.45, 7) is 0. The monoisotopic (exact) mass is 243 g/mol. The Morgan fingerprint density at radius 2 is 2.06 bits per heavy atom. The predicted molar refractivity (Wildman–Crippen MR) is 74.4 cm³/mol. The number of nitrogens with two attached hydrogens (primary N) is 1. The number of imidazole rings is 1. The van der Waals surface area contributed by atoms with Gasteiger partial charge in [0.15, 0.2) is 0 Å². The standard InChI is InChI=1S/C15H21N3/c1-18-14-9-5-4-8-13(14)17-15(18)10-11-6-2-3-7-12(11)16/h4-5,8-9,11-12H,2-3,6-7,10,16H2,1H3. The summed E-state index contributed by atoms with van der Waals surface area (Å²) in [5.74, 6) is 1.79. The first-order valence-electron chi connectivity index (χ1n) is 6.91. The van der Waals surface area contributed by atoms with Gasteiger partial charge in [-0.2, -0.15) is 0 Å². The minimum atomic E-state index is 0.360. The zero-order valence-electron chi connectivity index (χ0n) is 11.0. The quantitative estimate of drug-likeness (QED) is 0.881. The fraction of sp³-hybridized carbons (Fsp3) is 0.533. The van der Waals surface area contributed by atoms with Crippen LogP contribution in [0.1, 0.15) is 31.5 Å². The minimum absolute atomic E-state index is 0.360. The fourth-order valence-corrected chi connectivity index (χ4v) is 3.10. The highest BCUT2D eigenvalue weighted by Crippen LogP contribution is 2.27. The highest BCUT2D eigenvalue weighted by molar-refractivity contribution is 5.75. The number of rotatable bonds is 2. The molecule has 18 heavy (non-hydrogen) atoms. The van der Waals surface area contributed by atoms with Crippen LogP contribution in [0.25, 0.3) is 11.0 Å². The van der Waals surface area contributed by atoms with Crippen molar-refractivity contribution < 1.29 is 0 Å². The molecule has 1 heterocycles. The molecule has 0 spiro atoms. The Hall–Kier alpha value is -1.35. The summed E-state index contributed by atoms with van der Waals surface area (Å²) >= 11 is 0. The van der Waals surface area contributed by atoms with Crippen molar-refractivity contribution in [3.8, 4) is 0 Å². The maximum atomic E-state index is 6.23. The molecule has 0 saturated heterocycles. The molecule has 3 heteroatoms. The van der Waals surface area contributed by atoms with Gasteiger partial charge in [-0.15, -0.1) is 0 Å². The van der Waals surface area contributed by atoms with Crippen molar-refractivity contribution in [1.29, 1.82) is 0 Å². The number of hydrogen-bond acceptors (Lipinski definition) is 2. The lowest BCUT2D eigenvalue weighted by Gasteiger charge is -2.28. The summed E-state index contributed by atoms with van der Waals surface area (Å²) < 4.78 is 2.22. The van der Waals surface area contributed by atoms with E-state index in [0.717, 1.165) is 11.9 Å². The second-order valence-electron chi connectivity index (χ2n) is 5.49. The zero-order valence-corrected chi connectivity index (χ0v) is 11.0. The topological polar surface area (TPSA) is 43.8 Å². The lowest BCUT2D eigenvalue weighted by Crippen LogP contribution is -2.34. The number of benzene rings is 1. The average Bonchev–Trinajstić information content (AvgIpc) is 2.70. The summed E-state index contributed by atoms with van der Waals surface area (Å²) in [5, 5.41) is 0. The Morgan fingerprint density at radius 3 is 2.83 bits per heavy atom. The molecule has 3 nitrogen and oxygen atoms in total. The van der Waals surface area contributed by atoms with Crippen LogP contribution in [-0.4, -0.2) is 15.6 Å². The van der Waals surface area contributed by atoms with Crippen LogP contribution in [0.2, 0.25) is 0 Å². The number of fused-ring (bicyclic) bond motifs is 1. The normalized spacial score (nSPS) is 24.6. The Balaban J connectivity index is 1.88. The molecule has 1 saturated carbocycles. The van der Waals surface area contributed by atoms with Gasteiger partial charge < -0.3 is 10.3 Å². The molecule has 1 aromatic carbocycles. The second kappa shape index (κ2) is 4.73. The number of hydrogen-bond donors (Lipinski definition) is 1. The van der Waals surface area contributed by atoms with E-state index in [2.05, 4.69) is 29.8 Å². The molecule has 3 rings (SSSR count). The summed E-state index contributed by atoms with van der Waals surface area (Å²) in [6, 6.07) is 8.69. The molecule has 0 radical (unpaired) electrons. The van der Waals surface area contributed by atoms with E-state index >= 15 is 0 Å². The Morgan fingerprint density at radius 1 is 1.28 bits per heavy atom. The maximum Gasteiger partial charge on any atom is 0.109 e. The van der Waals surface area contributed by atoms with Crippen molar-refractivity contribution in [2.75, 3.05) is 0 Å². The van der Waals surface area contributed by atoms with Gasteiger partial charge >= 0.3 is 0 Å². The Kier molecular flexibility index (Phi) is 3.08. The smallest absolute Gasteiger partial charge is 0.109 e. The van der Waals surface area contributed by atoms with E-state index in [9.17, 15) is 0 Å². The second-order valence-corrected chi connectivity index (χ2v) is 5.49. The third-order valence-electron chi connectivity index (χ3n) is 4.29. The molecule has 0 aliphatic heterocycles. The van der Waals surface area contributed by atoms with Crippen LogP contribution < -0.4 is 5.73 Å². The predicted octanol–water partition coefficient (Wildman–Crippen LogP) is 2.63. The average molecular weight is 243 g/mol. The molecule has 1 aromatic heterocycles. The van der Waals surface area contributed by atoms with E-state index in [1.165, 1.54) is 37.0 Å². The van der Waals surface area contributed by atoms with Crippen LogP contribution in [-0.2, 0) is 13.5 Å². The number of nitrogens with zero attached hydrogens (tertiary/aromatic N) is 2. The van der Waals surface area contributed by atoms with E-state index in [4.69, 9.17) is 10.7 Å². The van der Waals surface area contributed by atoms with Crippen molar-refractivity contribution in [3.05, 3.63) is 30.1 Å². The molecule has 1 fully saturated rings. The first-order valence-corrected chi connectivity index (χ1v) is 6.91. The molecule has 2 atom stereocenters. The molecule has 2 N–H and O–H groups in total. The van der Waals surface area contributed by atoms with Crippen LogP contribution in [0.5, 0.6) is 0 Å². The van der Waals surface area contributed by atoms with E-state index in [1.54, 1.807) is 0 Å². The van der Waals surface area contributed by atoms with Gasteiger partial charge in [0.1, 0.15) is 5.82 Å². The highest BCUT2D eigenvalue weighted by atomic mass is 15.1. The van der Waals surface area contributed by atoms with Crippen LogP contribution in [0, 0.1) is 5.92 Å². The van der Waals surface area contributed by atoms with E-state index in [1.807, 2.05) is 6.07 Å². The van der Waals surface area contributed by atoms with Gasteiger partial charge in [-0.25, -0.2) is 4.98 Å². The van der Waals surface area contributed by atoms with Crippen LogP contribution in [0.15, 0.2) is 24.3 Å². The van der Waals surface area contributed by atoms with Crippen LogP contribution in [0.3, 0.4) is 0 Å². The van der Waals surface area contributed by atoms with Gasteiger partial charge in [0.2, 0.25) is 0 Å². The number of para-hydroxylation sites is 2. The molecular formula is C15H21N3. The Bertz CT molecular complexity index is 544. The maximum absolute atomic E-state index is 6.23. The zero-order chi connectivity index (χ0) is 12.5. The molecule has 2 aromatic rings. The summed E-state index contributed by atoms with van der Waals surface area (Å²) in [7, 11) is 2.11. The first-order chi connectivity index (χ1) is 8.75. The first kappa shape index (κ1) is 11.7. The van der Waals surface area contributed by atoms with Crippen molar-refractivity contribution >= 4 is 11.0 Å². The van der Waals surface area contributed by atoms with Crippen LogP contribution in [0.4, 0.5) is 0 Å². The molecule has 2 unspecified atom stereocenters. The lowest BCUT2D eigenvalue weighted by atomic mass is 9.83. The molecule has 0 bridgehead atoms. The molecular weight excluding hydrogens is 222 g/mol. The van der Waals surface area contributed by atoms with Gasteiger partial charge in [0, 0.05) is 19.5 Å². The summed E-state index contributed by atoms with van der Waals surface area (Å²) in [5.41, 5.74) is 8.55. The van der Waals surface area contributed by atoms with E-state index in [-0.39, 0.29) is 0 Å². The summed E-state index contributed by atoms with van der Waals surface area (Å²) in [6.07, 6.45) is 6.06. The van der Waals surface area contributed by atoms with Crippen molar-refractivity contribution in [2.45, 2.75) is 38.1 Å². The lowest BCUT2D eigenvalue weighted by molar-refractivity contribution is 0.301. The highest BCUT2D eigenvalue weighted by Gasteiger charge is 2.23. The third-order valence-corrected chi connectivity index (χ3v) is 4.29. The van der Waals surface area contributed by atoms with E-state index < -0.39 is 0 Å². The minimum Gasteiger partial charge on any atom is -0.331 e. The van der Waals surface area contributed by atoms with E-state index in [0.29, 0.717) is 12.0 Å². The van der Waals surface area contributed by atoms with Crippen molar-refractivity contribution in [3.63, 3.8) is 0 Å². The van der Waals surface area contributed by atoms with Gasteiger partial charge in [-0.3, -0.25) is 0 Å². The van der Waals surface area contributed by atoms with Crippen LogP contribution >= 0.6 is 0 Å². The fourth-order valence-electron chi connectivity index (χ4n) is 3.10. The SMILES string of the molecule is Cn1c(CC2CCCCC2N)nc2ccccc21. The van der Waals surface area contributed by atoms with Gasteiger partial charge in [-0.1, -0.05) is 25.0 Å². The van der Waals surface area contributed by atoms with Gasteiger partial charge in [-0.05, 0) is 30.9 Å². The number of aromatic nitrogens is 2. The molecule has 96 valence electrons. The van der Waals surface area contributed by atoms with Crippen molar-refractivity contribution in [1.82, 2.24) is 9.55 Å². The third kappa shape index (κ3) is 2.03. The molecule has 1 aliphatic rings. The molecule has 0 amide bonds. The number of aryl methyl sites for hydroxylation is 1. The van der Waals surface area contributed by atoms with Crippen molar-refractivity contribution in [2.24, 2.45) is 18.7 Å². The van der Waals surface area contributed by atoms with Gasteiger partial charge in [0.25, 0.3) is 0 Å². The Labute approximate surface area is 108 Å².